The first-order chi connectivity index (χ1) is 9.79. The van der Waals surface area contributed by atoms with E-state index in [0.29, 0.717) is 0 Å². The average Bonchev–Trinajstić information content (AvgIpc) is 2.90. The van der Waals surface area contributed by atoms with E-state index in [-0.39, 0.29) is 0 Å². The molecule has 0 aliphatic carbocycles. The van der Waals surface area contributed by atoms with Gasteiger partial charge in [-0.3, -0.25) is 0 Å². The molecular formula is C15H13ClN2S2. The largest absolute Gasteiger partial charge is 0.229 e. The zero-order valence-corrected chi connectivity index (χ0v) is 13.4. The molecule has 0 spiro atoms. The highest BCUT2D eigenvalue weighted by Crippen LogP contribution is 2.38. The summed E-state index contributed by atoms with van der Waals surface area (Å²) in [5.74, 6) is 1.07. The number of rotatable bonds is 4. The smallest absolute Gasteiger partial charge is 0.128 e. The summed E-state index contributed by atoms with van der Waals surface area (Å²) in [6, 6.07) is 7.93. The van der Waals surface area contributed by atoms with Crippen molar-refractivity contribution in [2.24, 2.45) is 0 Å². The van der Waals surface area contributed by atoms with Gasteiger partial charge in [0.1, 0.15) is 16.2 Å². The summed E-state index contributed by atoms with van der Waals surface area (Å²) in [5, 5.41) is 5.14. The minimum atomic E-state index is 0.755. The van der Waals surface area contributed by atoms with Crippen molar-refractivity contribution in [3.05, 3.63) is 41.0 Å². The van der Waals surface area contributed by atoms with Gasteiger partial charge >= 0.3 is 0 Å². The van der Waals surface area contributed by atoms with Crippen LogP contribution in [0.15, 0.2) is 41.0 Å². The molecule has 3 aromatic rings. The van der Waals surface area contributed by atoms with Crippen molar-refractivity contribution in [1.29, 1.82) is 0 Å². The lowest BCUT2D eigenvalue weighted by atomic mass is 10.1. The second kappa shape index (κ2) is 6.12. The number of nitrogens with zero attached hydrogens (tertiary/aromatic N) is 2. The van der Waals surface area contributed by atoms with Gasteiger partial charge in [0.15, 0.2) is 0 Å². The second-order valence-corrected chi connectivity index (χ2v) is 6.74. The number of hydrogen-bond acceptors (Lipinski definition) is 4. The molecule has 20 heavy (non-hydrogen) atoms. The molecule has 0 radical (unpaired) electrons. The van der Waals surface area contributed by atoms with Crippen LogP contribution in [0.25, 0.3) is 21.3 Å². The maximum absolute atomic E-state index is 5.96. The number of thiophene rings is 1. The van der Waals surface area contributed by atoms with E-state index in [2.05, 4.69) is 22.3 Å². The third-order valence-electron chi connectivity index (χ3n) is 2.93. The van der Waals surface area contributed by atoms with Crippen molar-refractivity contribution in [3.8, 4) is 11.1 Å². The summed E-state index contributed by atoms with van der Waals surface area (Å²) in [6.07, 6.45) is 2.79. The summed E-state index contributed by atoms with van der Waals surface area (Å²) < 4.78 is 0. The normalized spacial score (nSPS) is 11.1. The van der Waals surface area contributed by atoms with E-state index in [1.54, 1.807) is 29.4 Å². The zero-order valence-electron chi connectivity index (χ0n) is 11.0. The molecule has 1 aromatic carbocycles. The molecule has 0 unspecified atom stereocenters. The molecule has 2 nitrogen and oxygen atoms in total. The van der Waals surface area contributed by atoms with Crippen molar-refractivity contribution in [2.75, 3.05) is 5.75 Å². The molecule has 3 rings (SSSR count). The van der Waals surface area contributed by atoms with Gasteiger partial charge in [-0.2, -0.15) is 0 Å². The summed E-state index contributed by atoms with van der Waals surface area (Å²) in [5.41, 5.74) is 2.36. The van der Waals surface area contributed by atoms with Crippen LogP contribution in [0.3, 0.4) is 0 Å². The highest BCUT2D eigenvalue weighted by Gasteiger charge is 2.13. The maximum Gasteiger partial charge on any atom is 0.128 e. The molecule has 0 saturated carbocycles. The van der Waals surface area contributed by atoms with Crippen LogP contribution in [0.4, 0.5) is 0 Å². The summed E-state index contributed by atoms with van der Waals surface area (Å²) >= 11 is 9.42. The van der Waals surface area contributed by atoms with Crippen molar-refractivity contribution in [1.82, 2.24) is 9.97 Å². The van der Waals surface area contributed by atoms with Crippen LogP contribution in [0, 0.1) is 0 Å². The third-order valence-corrected chi connectivity index (χ3v) is 5.27. The Labute approximate surface area is 131 Å². The SMILES string of the molecule is CCCSc1ncnc2scc(-c3ccc(Cl)cc3)c12. The first-order valence-electron chi connectivity index (χ1n) is 6.40. The highest BCUT2D eigenvalue weighted by atomic mass is 35.5. The van der Waals surface area contributed by atoms with E-state index < -0.39 is 0 Å². The van der Waals surface area contributed by atoms with Gasteiger partial charge in [0.05, 0.1) is 5.39 Å². The van der Waals surface area contributed by atoms with Gasteiger partial charge in [-0.05, 0) is 29.9 Å². The quantitative estimate of drug-likeness (QED) is 0.468. The Morgan fingerprint density at radius 2 is 2.00 bits per heavy atom. The molecule has 0 aliphatic heterocycles. The summed E-state index contributed by atoms with van der Waals surface area (Å²) in [7, 11) is 0. The fourth-order valence-electron chi connectivity index (χ4n) is 2.00. The fraction of sp³-hybridized carbons (Fsp3) is 0.200. The molecule has 5 heteroatoms. The number of thioether (sulfide) groups is 1. The van der Waals surface area contributed by atoms with Crippen LogP contribution in [-0.4, -0.2) is 15.7 Å². The van der Waals surface area contributed by atoms with Crippen LogP contribution in [0.1, 0.15) is 13.3 Å². The predicted octanol–water partition coefficient (Wildman–Crippen LogP) is 5.51. The Morgan fingerprint density at radius 1 is 1.20 bits per heavy atom. The first-order valence-corrected chi connectivity index (χ1v) is 8.65. The predicted molar refractivity (Wildman–Crippen MR) is 88.9 cm³/mol. The number of benzene rings is 1. The Bertz CT molecular complexity index is 722. The molecule has 0 N–H and O–H groups in total. The molecule has 0 saturated heterocycles. The molecule has 0 fully saturated rings. The lowest BCUT2D eigenvalue weighted by molar-refractivity contribution is 1.08. The fourth-order valence-corrected chi connectivity index (χ4v) is 3.97. The Hall–Kier alpha value is -1.10. The molecule has 2 heterocycles. The number of fused-ring (bicyclic) bond motifs is 1. The molecule has 0 aliphatic rings. The summed E-state index contributed by atoms with van der Waals surface area (Å²) in [6.45, 7) is 2.18. The molecular weight excluding hydrogens is 308 g/mol. The maximum atomic E-state index is 5.96. The van der Waals surface area contributed by atoms with E-state index in [4.69, 9.17) is 11.6 Å². The molecule has 2 aromatic heterocycles. The lowest BCUT2D eigenvalue weighted by Gasteiger charge is -2.04. The summed E-state index contributed by atoms with van der Waals surface area (Å²) in [4.78, 5) is 9.88. The lowest BCUT2D eigenvalue weighted by Crippen LogP contribution is -1.86. The van der Waals surface area contributed by atoms with Gasteiger partial charge in [0.2, 0.25) is 0 Å². The van der Waals surface area contributed by atoms with E-state index >= 15 is 0 Å². The van der Waals surface area contributed by atoms with E-state index in [1.807, 2.05) is 24.3 Å². The zero-order chi connectivity index (χ0) is 13.9. The van der Waals surface area contributed by atoms with Crippen molar-refractivity contribution >= 4 is 44.9 Å². The second-order valence-electron chi connectivity index (χ2n) is 4.36. The van der Waals surface area contributed by atoms with Crippen LogP contribution in [0.5, 0.6) is 0 Å². The van der Waals surface area contributed by atoms with E-state index in [1.165, 1.54) is 10.9 Å². The van der Waals surface area contributed by atoms with Gasteiger partial charge in [-0.1, -0.05) is 30.7 Å². The Morgan fingerprint density at radius 3 is 2.75 bits per heavy atom. The third kappa shape index (κ3) is 2.68. The highest BCUT2D eigenvalue weighted by molar-refractivity contribution is 7.99. The van der Waals surface area contributed by atoms with Crippen LogP contribution < -0.4 is 0 Å². The van der Waals surface area contributed by atoms with Crippen molar-refractivity contribution in [2.45, 2.75) is 18.4 Å². The minimum Gasteiger partial charge on any atom is -0.229 e. The van der Waals surface area contributed by atoms with E-state index in [9.17, 15) is 0 Å². The first kappa shape index (κ1) is 13.9. The molecule has 102 valence electrons. The average molecular weight is 321 g/mol. The number of halogens is 1. The Kier molecular flexibility index (Phi) is 4.24. The van der Waals surface area contributed by atoms with E-state index in [0.717, 1.165) is 32.6 Å². The van der Waals surface area contributed by atoms with Crippen molar-refractivity contribution < 1.29 is 0 Å². The molecule has 0 bridgehead atoms. The topological polar surface area (TPSA) is 25.8 Å². The number of aromatic nitrogens is 2. The van der Waals surface area contributed by atoms with Gasteiger partial charge in [0, 0.05) is 16.0 Å². The standard InChI is InChI=1S/C15H13ClN2S2/c1-2-7-19-14-13-12(8-20-15(13)18-9-17-14)10-3-5-11(16)6-4-10/h3-6,8-9H,2,7H2,1H3. The van der Waals surface area contributed by atoms with Crippen LogP contribution in [-0.2, 0) is 0 Å². The monoisotopic (exact) mass is 320 g/mol. The van der Waals surface area contributed by atoms with Gasteiger partial charge in [0.25, 0.3) is 0 Å². The molecule has 0 atom stereocenters. The van der Waals surface area contributed by atoms with Crippen molar-refractivity contribution in [3.63, 3.8) is 0 Å². The molecule has 0 amide bonds. The van der Waals surface area contributed by atoms with Gasteiger partial charge in [-0.25, -0.2) is 9.97 Å². The van der Waals surface area contributed by atoms with Gasteiger partial charge in [-0.15, -0.1) is 23.1 Å². The Balaban J connectivity index is 2.13. The minimum absolute atomic E-state index is 0.755. The number of hydrogen-bond donors (Lipinski definition) is 0. The van der Waals surface area contributed by atoms with Crippen LogP contribution in [0.2, 0.25) is 5.02 Å². The van der Waals surface area contributed by atoms with Gasteiger partial charge < -0.3 is 0 Å². The van der Waals surface area contributed by atoms with Crippen LogP contribution >= 0.6 is 34.7 Å².